The summed E-state index contributed by atoms with van der Waals surface area (Å²) in [5.41, 5.74) is 7.42. The normalized spacial score (nSPS) is 9.97. The van der Waals surface area contributed by atoms with Crippen molar-refractivity contribution in [2.75, 3.05) is 19.0 Å². The molecule has 0 aliphatic heterocycles. The summed E-state index contributed by atoms with van der Waals surface area (Å²) < 4.78 is 10.5. The lowest BCUT2D eigenvalue weighted by atomic mass is 10.1. The van der Waals surface area contributed by atoms with Crippen molar-refractivity contribution >= 4 is 40.7 Å². The van der Waals surface area contributed by atoms with E-state index in [1.807, 2.05) is 32.0 Å². The maximum atomic E-state index is 12.1. The van der Waals surface area contributed by atoms with Crippen molar-refractivity contribution in [2.24, 2.45) is 0 Å². The number of thiocarbonyl (C=S) groups is 1. The van der Waals surface area contributed by atoms with Crippen molar-refractivity contribution in [2.45, 2.75) is 26.7 Å². The zero-order chi connectivity index (χ0) is 23.5. The van der Waals surface area contributed by atoms with Crippen molar-refractivity contribution in [3.8, 4) is 11.5 Å². The van der Waals surface area contributed by atoms with Crippen LogP contribution >= 0.6 is 12.2 Å². The molecule has 2 rings (SSSR count). The highest BCUT2D eigenvalue weighted by Crippen LogP contribution is 2.25. The van der Waals surface area contributed by atoms with Crippen LogP contribution in [-0.4, -0.2) is 36.6 Å². The Morgan fingerprint density at radius 3 is 2.31 bits per heavy atom. The van der Waals surface area contributed by atoms with E-state index >= 15 is 0 Å². The SMILES string of the molecule is COc1ccccc1OCC(=O)NC(=S)NNC(=O)CCC(=O)Nc1cc(C)ccc1C. The number of aryl methyl sites for hydroxylation is 2. The van der Waals surface area contributed by atoms with Gasteiger partial charge in [-0.05, 0) is 55.4 Å². The molecule has 0 spiro atoms. The molecule has 0 atom stereocenters. The van der Waals surface area contributed by atoms with E-state index in [1.165, 1.54) is 7.11 Å². The van der Waals surface area contributed by atoms with E-state index in [0.29, 0.717) is 17.2 Å². The molecule has 32 heavy (non-hydrogen) atoms. The molecule has 0 aromatic heterocycles. The monoisotopic (exact) mass is 458 g/mol. The van der Waals surface area contributed by atoms with E-state index < -0.39 is 11.8 Å². The lowest BCUT2D eigenvalue weighted by molar-refractivity contribution is -0.125. The summed E-state index contributed by atoms with van der Waals surface area (Å²) in [6.07, 6.45) is -0.0655. The quantitative estimate of drug-likeness (QED) is 0.354. The molecule has 0 aliphatic carbocycles. The molecule has 9 nitrogen and oxygen atoms in total. The number of methoxy groups -OCH3 is 1. The van der Waals surface area contributed by atoms with Gasteiger partial charge >= 0.3 is 0 Å². The van der Waals surface area contributed by atoms with Crippen molar-refractivity contribution in [3.05, 3.63) is 53.6 Å². The van der Waals surface area contributed by atoms with Gasteiger partial charge in [-0.1, -0.05) is 24.3 Å². The first kappa shape index (κ1) is 24.6. The number of ether oxygens (including phenoxy) is 2. The largest absolute Gasteiger partial charge is 0.493 e. The molecule has 170 valence electrons. The number of nitrogens with one attached hydrogen (secondary N) is 4. The summed E-state index contributed by atoms with van der Waals surface area (Å²) in [4.78, 5) is 36.0. The molecule has 0 fully saturated rings. The van der Waals surface area contributed by atoms with E-state index in [2.05, 4.69) is 21.5 Å². The predicted octanol–water partition coefficient (Wildman–Crippen LogP) is 2.13. The van der Waals surface area contributed by atoms with Crippen LogP contribution in [-0.2, 0) is 14.4 Å². The van der Waals surface area contributed by atoms with Gasteiger partial charge in [-0.25, -0.2) is 0 Å². The van der Waals surface area contributed by atoms with Gasteiger partial charge in [-0.15, -0.1) is 0 Å². The van der Waals surface area contributed by atoms with Gasteiger partial charge in [0.15, 0.2) is 23.2 Å². The number of amides is 3. The number of hydrogen-bond acceptors (Lipinski definition) is 6. The maximum absolute atomic E-state index is 12.1. The predicted molar refractivity (Wildman–Crippen MR) is 124 cm³/mol. The summed E-state index contributed by atoms with van der Waals surface area (Å²) in [7, 11) is 1.50. The van der Waals surface area contributed by atoms with Crippen molar-refractivity contribution in [3.63, 3.8) is 0 Å². The van der Waals surface area contributed by atoms with Crippen LogP contribution in [0, 0.1) is 13.8 Å². The molecule has 0 heterocycles. The average molecular weight is 459 g/mol. The highest BCUT2D eigenvalue weighted by atomic mass is 32.1. The summed E-state index contributed by atoms with van der Waals surface area (Å²) in [6, 6.07) is 12.6. The second-order valence-corrected chi connectivity index (χ2v) is 7.26. The zero-order valence-corrected chi connectivity index (χ0v) is 18.9. The third-order valence-electron chi connectivity index (χ3n) is 4.24. The first-order valence-electron chi connectivity index (χ1n) is 9.80. The van der Waals surface area contributed by atoms with Gasteiger partial charge < -0.3 is 14.8 Å². The fourth-order valence-corrected chi connectivity index (χ4v) is 2.74. The molecule has 2 aromatic rings. The van der Waals surface area contributed by atoms with Crippen LogP contribution in [0.15, 0.2) is 42.5 Å². The number of carbonyl (C=O) groups is 3. The second kappa shape index (κ2) is 12.3. The van der Waals surface area contributed by atoms with Gasteiger partial charge in [-0.3, -0.25) is 30.6 Å². The van der Waals surface area contributed by atoms with Crippen LogP contribution in [0.25, 0.3) is 0 Å². The van der Waals surface area contributed by atoms with Crippen molar-refractivity contribution < 1.29 is 23.9 Å². The molecule has 0 radical (unpaired) electrons. The lowest BCUT2D eigenvalue weighted by Gasteiger charge is -2.12. The Balaban J connectivity index is 1.66. The van der Waals surface area contributed by atoms with E-state index in [4.69, 9.17) is 21.7 Å². The number of benzene rings is 2. The van der Waals surface area contributed by atoms with Crippen LogP contribution in [0.1, 0.15) is 24.0 Å². The fourth-order valence-electron chi connectivity index (χ4n) is 2.57. The fraction of sp³-hybridized carbons (Fsp3) is 0.273. The number of hydrazine groups is 1. The van der Waals surface area contributed by atoms with Crippen LogP contribution in [0.4, 0.5) is 5.69 Å². The van der Waals surface area contributed by atoms with Gasteiger partial charge in [-0.2, -0.15) is 0 Å². The van der Waals surface area contributed by atoms with E-state index in [1.54, 1.807) is 24.3 Å². The summed E-state index contributed by atoms with van der Waals surface area (Å²) >= 11 is 4.96. The molecule has 2 aromatic carbocycles. The first-order chi connectivity index (χ1) is 15.3. The molecular formula is C22H26N4O5S. The number of carbonyl (C=O) groups excluding carboxylic acids is 3. The minimum atomic E-state index is -0.518. The van der Waals surface area contributed by atoms with Crippen molar-refractivity contribution in [1.29, 1.82) is 0 Å². The zero-order valence-electron chi connectivity index (χ0n) is 18.1. The minimum Gasteiger partial charge on any atom is -0.493 e. The molecule has 3 amide bonds. The second-order valence-electron chi connectivity index (χ2n) is 6.86. The Labute approximate surface area is 191 Å². The third kappa shape index (κ3) is 8.23. The van der Waals surface area contributed by atoms with E-state index in [0.717, 1.165) is 11.1 Å². The molecular weight excluding hydrogens is 432 g/mol. The maximum Gasteiger partial charge on any atom is 0.264 e. The highest BCUT2D eigenvalue weighted by molar-refractivity contribution is 7.80. The molecule has 0 saturated heterocycles. The third-order valence-corrected chi connectivity index (χ3v) is 4.45. The molecule has 0 bridgehead atoms. The standard InChI is InChI=1S/C22H26N4O5S/c1-14-8-9-15(2)16(12-14)23-19(27)10-11-20(28)25-26-22(32)24-21(29)13-31-18-7-5-4-6-17(18)30-3/h4-9,12H,10-11,13H2,1-3H3,(H,23,27)(H,25,28)(H2,24,26,29,32). The van der Waals surface area contributed by atoms with Crippen LogP contribution in [0.3, 0.4) is 0 Å². The number of rotatable bonds is 8. The number of anilines is 1. The molecule has 0 aliphatic rings. The Kier molecular flexibility index (Phi) is 9.43. The van der Waals surface area contributed by atoms with E-state index in [-0.39, 0.29) is 30.5 Å². The lowest BCUT2D eigenvalue weighted by Crippen LogP contribution is -2.49. The summed E-state index contributed by atoms with van der Waals surface area (Å²) in [5, 5.41) is 5.06. The van der Waals surface area contributed by atoms with Crippen LogP contribution in [0.5, 0.6) is 11.5 Å². The Morgan fingerprint density at radius 1 is 0.906 bits per heavy atom. The number of hydrogen-bond donors (Lipinski definition) is 4. The Hall–Kier alpha value is -3.66. The molecule has 0 saturated carbocycles. The summed E-state index contributed by atoms with van der Waals surface area (Å²) in [5.74, 6) is -0.344. The van der Waals surface area contributed by atoms with Gasteiger partial charge in [0, 0.05) is 18.5 Å². The summed E-state index contributed by atoms with van der Waals surface area (Å²) in [6.45, 7) is 3.53. The topological polar surface area (TPSA) is 118 Å². The van der Waals surface area contributed by atoms with Crippen LogP contribution in [0.2, 0.25) is 0 Å². The average Bonchev–Trinajstić information content (AvgIpc) is 2.77. The highest BCUT2D eigenvalue weighted by Gasteiger charge is 2.11. The van der Waals surface area contributed by atoms with Crippen molar-refractivity contribution in [1.82, 2.24) is 16.2 Å². The Morgan fingerprint density at radius 2 is 1.59 bits per heavy atom. The number of para-hydroxylation sites is 2. The van der Waals surface area contributed by atoms with Gasteiger partial charge in [0.25, 0.3) is 5.91 Å². The van der Waals surface area contributed by atoms with Gasteiger partial charge in [0.05, 0.1) is 7.11 Å². The van der Waals surface area contributed by atoms with E-state index in [9.17, 15) is 14.4 Å². The minimum absolute atomic E-state index is 0.00718. The first-order valence-corrected chi connectivity index (χ1v) is 10.2. The van der Waals surface area contributed by atoms with Gasteiger partial charge in [0.1, 0.15) is 0 Å². The van der Waals surface area contributed by atoms with Crippen LogP contribution < -0.4 is 31.0 Å². The molecule has 10 heteroatoms. The van der Waals surface area contributed by atoms with Gasteiger partial charge in [0.2, 0.25) is 11.8 Å². The molecule has 4 N–H and O–H groups in total. The Bertz CT molecular complexity index is 996. The molecule has 0 unspecified atom stereocenters. The smallest absolute Gasteiger partial charge is 0.264 e.